The number of nitrogens with zero attached hydrogens (tertiary/aromatic N) is 1. The molecule has 0 spiro atoms. The Kier molecular flexibility index (Phi) is 4.63. The maximum atomic E-state index is 12.3. The highest BCUT2D eigenvalue weighted by Crippen LogP contribution is 2.37. The van der Waals surface area contributed by atoms with E-state index in [0.29, 0.717) is 10.6 Å². The summed E-state index contributed by atoms with van der Waals surface area (Å²) >= 11 is 1.55. The van der Waals surface area contributed by atoms with E-state index in [1.54, 1.807) is 18.4 Å². The average molecular weight is 326 g/mol. The maximum absolute atomic E-state index is 12.3. The lowest BCUT2D eigenvalue weighted by Gasteiger charge is -2.09. The van der Waals surface area contributed by atoms with Gasteiger partial charge in [-0.1, -0.05) is 12.1 Å². The number of anilines is 1. The van der Waals surface area contributed by atoms with Crippen molar-refractivity contribution in [3.05, 3.63) is 45.8 Å². The molecule has 4 nitrogen and oxygen atoms in total. The van der Waals surface area contributed by atoms with Gasteiger partial charge in [0.05, 0.1) is 19.1 Å². The van der Waals surface area contributed by atoms with Crippen LogP contribution in [0.2, 0.25) is 0 Å². The smallest absolute Gasteiger partial charge is 0.229 e. The van der Waals surface area contributed by atoms with Crippen LogP contribution in [0.4, 0.5) is 5.00 Å². The summed E-state index contributed by atoms with van der Waals surface area (Å²) in [5, 5.41) is 13.0. The summed E-state index contributed by atoms with van der Waals surface area (Å²) < 4.78 is 5.17. The summed E-state index contributed by atoms with van der Waals surface area (Å²) in [4.78, 5) is 13.6. The van der Waals surface area contributed by atoms with Crippen LogP contribution in [0, 0.1) is 11.3 Å². The minimum Gasteiger partial charge on any atom is -0.497 e. The Labute approximate surface area is 139 Å². The van der Waals surface area contributed by atoms with Crippen LogP contribution in [0.3, 0.4) is 0 Å². The van der Waals surface area contributed by atoms with Gasteiger partial charge < -0.3 is 10.1 Å². The van der Waals surface area contributed by atoms with E-state index >= 15 is 0 Å². The molecule has 0 saturated carbocycles. The number of carbonyl (C=O) groups is 1. The molecule has 1 aromatic heterocycles. The van der Waals surface area contributed by atoms with Gasteiger partial charge in [-0.25, -0.2) is 0 Å². The summed E-state index contributed by atoms with van der Waals surface area (Å²) in [6, 6.07) is 9.73. The van der Waals surface area contributed by atoms with E-state index in [2.05, 4.69) is 11.4 Å². The quantitative estimate of drug-likeness (QED) is 0.932. The number of amides is 1. The van der Waals surface area contributed by atoms with E-state index in [4.69, 9.17) is 4.74 Å². The van der Waals surface area contributed by atoms with E-state index in [9.17, 15) is 10.1 Å². The van der Waals surface area contributed by atoms with E-state index in [-0.39, 0.29) is 12.3 Å². The van der Waals surface area contributed by atoms with Gasteiger partial charge in [0.25, 0.3) is 0 Å². The number of fused-ring (bicyclic) bond motifs is 1. The van der Waals surface area contributed by atoms with Gasteiger partial charge in [-0.05, 0) is 48.9 Å². The number of carbonyl (C=O) groups excluding carboxylic acids is 1. The first-order valence-corrected chi connectivity index (χ1v) is 8.50. The van der Waals surface area contributed by atoms with E-state index < -0.39 is 0 Å². The molecule has 2 aromatic rings. The summed E-state index contributed by atoms with van der Waals surface area (Å²) in [5.74, 6) is 0.632. The molecule has 1 aliphatic carbocycles. The van der Waals surface area contributed by atoms with Crippen molar-refractivity contribution in [2.24, 2.45) is 0 Å². The van der Waals surface area contributed by atoms with Gasteiger partial charge in [0, 0.05) is 4.88 Å². The minimum atomic E-state index is -0.103. The Morgan fingerprint density at radius 1 is 1.39 bits per heavy atom. The van der Waals surface area contributed by atoms with Crippen LogP contribution in [0.1, 0.15) is 34.4 Å². The second-order valence-corrected chi connectivity index (χ2v) is 6.71. The Morgan fingerprint density at radius 3 is 3.00 bits per heavy atom. The van der Waals surface area contributed by atoms with Gasteiger partial charge in [0.15, 0.2) is 0 Å². The third-order valence-electron chi connectivity index (χ3n) is 4.03. The molecule has 0 radical (unpaired) electrons. The van der Waals surface area contributed by atoms with Crippen LogP contribution < -0.4 is 10.1 Å². The molecule has 0 fully saturated rings. The number of benzene rings is 1. The number of rotatable bonds is 4. The van der Waals surface area contributed by atoms with E-state index in [1.165, 1.54) is 4.88 Å². The lowest BCUT2D eigenvalue weighted by Crippen LogP contribution is -2.14. The summed E-state index contributed by atoms with van der Waals surface area (Å²) in [7, 11) is 1.61. The largest absolute Gasteiger partial charge is 0.497 e. The SMILES string of the molecule is COc1cccc(CC(=O)Nc2sc3c(c2C#N)CCCC3)c1. The first-order valence-electron chi connectivity index (χ1n) is 7.68. The lowest BCUT2D eigenvalue weighted by molar-refractivity contribution is -0.115. The van der Waals surface area contributed by atoms with Gasteiger partial charge in [-0.3, -0.25) is 4.79 Å². The number of nitrogens with one attached hydrogen (secondary N) is 1. The number of thiophene rings is 1. The summed E-state index contributed by atoms with van der Waals surface area (Å²) in [5.41, 5.74) is 2.69. The topological polar surface area (TPSA) is 62.1 Å². The van der Waals surface area contributed by atoms with Gasteiger partial charge in [-0.2, -0.15) is 5.26 Å². The Hall–Kier alpha value is -2.32. The molecule has 1 amide bonds. The van der Waals surface area contributed by atoms with Crippen LogP contribution in [0.15, 0.2) is 24.3 Å². The van der Waals surface area contributed by atoms with E-state index in [0.717, 1.165) is 42.6 Å². The molecule has 0 unspecified atom stereocenters. The fourth-order valence-corrected chi connectivity index (χ4v) is 4.17. The number of ether oxygens (including phenoxy) is 1. The zero-order valence-electron chi connectivity index (χ0n) is 13.0. The number of hydrogen-bond donors (Lipinski definition) is 1. The summed E-state index contributed by atoms with van der Waals surface area (Å²) in [6.45, 7) is 0. The van der Waals surface area contributed by atoms with Crippen LogP contribution in [-0.4, -0.2) is 13.0 Å². The molecule has 1 aromatic carbocycles. The highest BCUT2D eigenvalue weighted by Gasteiger charge is 2.21. The van der Waals surface area contributed by atoms with Crippen molar-refractivity contribution in [2.75, 3.05) is 12.4 Å². The fraction of sp³-hybridized carbons (Fsp3) is 0.333. The molecular formula is C18H18N2O2S. The molecule has 0 saturated heterocycles. The number of nitriles is 1. The number of hydrogen-bond acceptors (Lipinski definition) is 4. The van der Waals surface area contributed by atoms with Crippen LogP contribution in [0.25, 0.3) is 0 Å². The average Bonchev–Trinajstić information content (AvgIpc) is 2.91. The van der Waals surface area contributed by atoms with Crippen molar-refractivity contribution in [3.8, 4) is 11.8 Å². The van der Waals surface area contributed by atoms with Crippen molar-refractivity contribution in [3.63, 3.8) is 0 Å². The molecule has 0 aliphatic heterocycles. The highest BCUT2D eigenvalue weighted by molar-refractivity contribution is 7.16. The standard InChI is InChI=1S/C18H18N2O2S/c1-22-13-6-4-5-12(9-13)10-17(21)20-18-15(11-19)14-7-2-3-8-16(14)23-18/h4-6,9H,2-3,7-8,10H2,1H3,(H,20,21). The van der Waals surface area contributed by atoms with E-state index in [1.807, 2.05) is 24.3 Å². The van der Waals surface area contributed by atoms with Crippen LogP contribution in [-0.2, 0) is 24.1 Å². The predicted molar refractivity (Wildman–Crippen MR) is 91.0 cm³/mol. The predicted octanol–water partition coefficient (Wildman–Crippen LogP) is 3.69. The minimum absolute atomic E-state index is 0.103. The van der Waals surface area contributed by atoms with Crippen molar-refractivity contribution in [1.29, 1.82) is 5.26 Å². The Morgan fingerprint density at radius 2 is 2.22 bits per heavy atom. The first kappa shape index (κ1) is 15.6. The Balaban J connectivity index is 1.75. The third kappa shape index (κ3) is 3.38. The molecular weight excluding hydrogens is 308 g/mol. The molecule has 3 rings (SSSR count). The van der Waals surface area contributed by atoms with Crippen molar-refractivity contribution in [2.45, 2.75) is 32.1 Å². The molecule has 1 N–H and O–H groups in total. The molecule has 118 valence electrons. The second kappa shape index (κ2) is 6.84. The Bertz CT molecular complexity index is 774. The molecule has 0 bridgehead atoms. The third-order valence-corrected chi connectivity index (χ3v) is 5.24. The van der Waals surface area contributed by atoms with Crippen molar-refractivity contribution < 1.29 is 9.53 Å². The van der Waals surface area contributed by atoms with Gasteiger partial charge in [0.2, 0.25) is 5.91 Å². The molecule has 5 heteroatoms. The van der Waals surface area contributed by atoms with Crippen molar-refractivity contribution >= 4 is 22.2 Å². The van der Waals surface area contributed by atoms with Gasteiger partial charge in [-0.15, -0.1) is 11.3 Å². The van der Waals surface area contributed by atoms with Crippen LogP contribution in [0.5, 0.6) is 5.75 Å². The number of methoxy groups -OCH3 is 1. The fourth-order valence-electron chi connectivity index (χ4n) is 2.91. The highest BCUT2D eigenvalue weighted by atomic mass is 32.1. The summed E-state index contributed by atoms with van der Waals surface area (Å²) in [6.07, 6.45) is 4.51. The normalized spacial score (nSPS) is 13.0. The zero-order valence-corrected chi connectivity index (χ0v) is 13.8. The van der Waals surface area contributed by atoms with Crippen molar-refractivity contribution in [1.82, 2.24) is 0 Å². The second-order valence-electron chi connectivity index (χ2n) is 5.60. The van der Waals surface area contributed by atoms with Crippen LogP contribution >= 0.6 is 11.3 Å². The van der Waals surface area contributed by atoms with Gasteiger partial charge in [0.1, 0.15) is 16.8 Å². The monoisotopic (exact) mass is 326 g/mol. The molecule has 0 atom stereocenters. The molecule has 1 aliphatic rings. The van der Waals surface area contributed by atoms with Gasteiger partial charge >= 0.3 is 0 Å². The first-order chi connectivity index (χ1) is 11.2. The lowest BCUT2D eigenvalue weighted by atomic mass is 9.96. The molecule has 23 heavy (non-hydrogen) atoms. The maximum Gasteiger partial charge on any atom is 0.229 e. The molecule has 1 heterocycles. The zero-order chi connectivity index (χ0) is 16.2. The number of aryl methyl sites for hydroxylation is 1.